The molecule has 0 saturated carbocycles. The number of amides is 1. The highest BCUT2D eigenvalue weighted by atomic mass is 16.6. The first-order valence-electron chi connectivity index (χ1n) is 6.36. The van der Waals surface area contributed by atoms with Gasteiger partial charge < -0.3 is 15.4 Å². The molecule has 20 heavy (non-hydrogen) atoms. The van der Waals surface area contributed by atoms with Gasteiger partial charge in [-0.15, -0.1) is 0 Å². The predicted molar refractivity (Wildman–Crippen MR) is 72.4 cm³/mol. The van der Waals surface area contributed by atoms with Crippen molar-refractivity contribution < 1.29 is 14.5 Å². The highest BCUT2D eigenvalue weighted by molar-refractivity contribution is 5.79. The largest absolute Gasteiger partial charge is 0.378 e. The summed E-state index contributed by atoms with van der Waals surface area (Å²) < 4.78 is 5.26. The number of rotatable bonds is 5. The summed E-state index contributed by atoms with van der Waals surface area (Å²) in [6.45, 7) is 1.37. The second kappa shape index (κ2) is 6.44. The fourth-order valence-corrected chi connectivity index (χ4v) is 2.27. The van der Waals surface area contributed by atoms with Crippen LogP contribution in [0.15, 0.2) is 24.3 Å². The van der Waals surface area contributed by atoms with Gasteiger partial charge in [0.15, 0.2) is 0 Å². The van der Waals surface area contributed by atoms with Gasteiger partial charge >= 0.3 is 0 Å². The molecule has 1 aromatic carbocycles. The Bertz CT molecular complexity index is 506. The molecule has 2 atom stereocenters. The van der Waals surface area contributed by atoms with Crippen LogP contribution in [0.3, 0.4) is 0 Å². The Morgan fingerprint density at radius 2 is 2.35 bits per heavy atom. The molecule has 7 nitrogen and oxygen atoms in total. The Morgan fingerprint density at radius 1 is 1.55 bits per heavy atom. The van der Waals surface area contributed by atoms with Gasteiger partial charge in [-0.05, 0) is 5.56 Å². The molecule has 1 saturated heterocycles. The number of benzene rings is 1. The van der Waals surface area contributed by atoms with Crippen LogP contribution in [0, 0.1) is 10.1 Å². The van der Waals surface area contributed by atoms with E-state index in [1.54, 1.807) is 19.2 Å². The third kappa shape index (κ3) is 3.52. The maximum absolute atomic E-state index is 11.9. The van der Waals surface area contributed by atoms with Crippen molar-refractivity contribution in [3.8, 4) is 0 Å². The fourth-order valence-electron chi connectivity index (χ4n) is 2.27. The lowest BCUT2D eigenvalue weighted by molar-refractivity contribution is -0.384. The van der Waals surface area contributed by atoms with Crippen molar-refractivity contribution in [3.05, 3.63) is 39.9 Å². The molecule has 2 N–H and O–H groups in total. The molecular weight excluding hydrogens is 262 g/mol. The number of methoxy groups -OCH3 is 1. The zero-order valence-electron chi connectivity index (χ0n) is 11.2. The minimum atomic E-state index is -0.469. The molecule has 0 radical (unpaired) electrons. The van der Waals surface area contributed by atoms with Crippen molar-refractivity contribution >= 4 is 11.6 Å². The van der Waals surface area contributed by atoms with E-state index >= 15 is 0 Å². The van der Waals surface area contributed by atoms with Crippen LogP contribution in [0.25, 0.3) is 0 Å². The molecule has 0 spiro atoms. The Kier molecular flexibility index (Phi) is 4.65. The molecule has 0 bridgehead atoms. The zero-order valence-corrected chi connectivity index (χ0v) is 11.2. The van der Waals surface area contributed by atoms with Gasteiger partial charge in [0.05, 0.1) is 23.5 Å². The lowest BCUT2D eigenvalue weighted by Crippen LogP contribution is -2.44. The molecule has 1 aliphatic heterocycles. The van der Waals surface area contributed by atoms with E-state index in [9.17, 15) is 14.9 Å². The van der Waals surface area contributed by atoms with Crippen LogP contribution in [0.1, 0.15) is 5.56 Å². The first kappa shape index (κ1) is 14.4. The van der Waals surface area contributed by atoms with Gasteiger partial charge in [0.25, 0.3) is 5.69 Å². The fraction of sp³-hybridized carbons (Fsp3) is 0.462. The lowest BCUT2D eigenvalue weighted by Gasteiger charge is -2.18. The summed E-state index contributed by atoms with van der Waals surface area (Å²) in [7, 11) is 1.61. The molecule has 1 amide bonds. The minimum Gasteiger partial charge on any atom is -0.378 e. The molecule has 1 aromatic rings. The molecule has 1 heterocycles. The van der Waals surface area contributed by atoms with Crippen molar-refractivity contribution in [2.24, 2.45) is 0 Å². The van der Waals surface area contributed by atoms with Crippen LogP contribution in [0.5, 0.6) is 0 Å². The Balaban J connectivity index is 1.94. The van der Waals surface area contributed by atoms with Gasteiger partial charge in [-0.25, -0.2) is 0 Å². The minimum absolute atomic E-state index is 0.00685. The topological polar surface area (TPSA) is 93.5 Å². The maximum atomic E-state index is 11.9. The van der Waals surface area contributed by atoms with Gasteiger partial charge in [0, 0.05) is 32.3 Å². The van der Waals surface area contributed by atoms with Crippen LogP contribution < -0.4 is 10.6 Å². The Hall–Kier alpha value is -1.99. The second-order valence-corrected chi connectivity index (χ2v) is 4.71. The van der Waals surface area contributed by atoms with Crippen molar-refractivity contribution in [3.63, 3.8) is 0 Å². The first-order valence-corrected chi connectivity index (χ1v) is 6.36. The van der Waals surface area contributed by atoms with Crippen LogP contribution in [-0.4, -0.2) is 43.2 Å². The van der Waals surface area contributed by atoms with E-state index in [2.05, 4.69) is 10.6 Å². The summed E-state index contributed by atoms with van der Waals surface area (Å²) in [5, 5.41) is 16.7. The average Bonchev–Trinajstić information content (AvgIpc) is 2.86. The van der Waals surface area contributed by atoms with Gasteiger partial charge in [0.1, 0.15) is 0 Å². The number of nitrogens with zero attached hydrogens (tertiary/aromatic N) is 1. The SMILES string of the molecule is CO[C@H]1CNCC1NC(=O)Cc1cccc([N+](=O)[O-])c1. The quantitative estimate of drug-likeness (QED) is 0.595. The van der Waals surface area contributed by atoms with Gasteiger partial charge in [-0.1, -0.05) is 12.1 Å². The molecule has 108 valence electrons. The lowest BCUT2D eigenvalue weighted by atomic mass is 10.1. The van der Waals surface area contributed by atoms with E-state index in [1.165, 1.54) is 12.1 Å². The summed E-state index contributed by atoms with van der Waals surface area (Å²) in [5.74, 6) is -0.166. The molecule has 7 heteroatoms. The number of nitrogens with one attached hydrogen (secondary N) is 2. The van der Waals surface area contributed by atoms with Crippen LogP contribution in [0.2, 0.25) is 0 Å². The van der Waals surface area contributed by atoms with Gasteiger partial charge in [-0.2, -0.15) is 0 Å². The molecule has 0 aliphatic carbocycles. The molecule has 1 aliphatic rings. The van der Waals surface area contributed by atoms with Crippen molar-refractivity contribution in [2.45, 2.75) is 18.6 Å². The molecule has 1 fully saturated rings. The smallest absolute Gasteiger partial charge is 0.269 e. The van der Waals surface area contributed by atoms with Crippen molar-refractivity contribution in [1.82, 2.24) is 10.6 Å². The molecule has 2 rings (SSSR count). The molecular formula is C13H17N3O4. The molecule has 0 aromatic heterocycles. The van der Waals surface area contributed by atoms with Crippen LogP contribution in [-0.2, 0) is 16.0 Å². The Morgan fingerprint density at radius 3 is 3.05 bits per heavy atom. The van der Waals surface area contributed by atoms with Gasteiger partial charge in [-0.3, -0.25) is 14.9 Å². The second-order valence-electron chi connectivity index (χ2n) is 4.71. The van der Waals surface area contributed by atoms with Gasteiger partial charge in [0.2, 0.25) is 5.91 Å². The van der Waals surface area contributed by atoms with E-state index in [-0.39, 0.29) is 30.2 Å². The van der Waals surface area contributed by atoms with E-state index in [0.717, 1.165) is 0 Å². The predicted octanol–water partition coefficient (Wildman–Crippen LogP) is 0.240. The number of non-ortho nitro benzene ring substituents is 1. The molecule has 1 unspecified atom stereocenters. The number of carbonyl (C=O) groups excluding carboxylic acids is 1. The summed E-state index contributed by atoms with van der Waals surface area (Å²) >= 11 is 0. The van der Waals surface area contributed by atoms with Crippen LogP contribution >= 0.6 is 0 Å². The van der Waals surface area contributed by atoms with E-state index < -0.39 is 4.92 Å². The van der Waals surface area contributed by atoms with E-state index in [1.807, 2.05) is 0 Å². The standard InChI is InChI=1S/C13H17N3O4/c1-20-12-8-14-7-11(12)15-13(17)6-9-3-2-4-10(5-9)16(18)19/h2-5,11-12,14H,6-8H2,1H3,(H,15,17)/t11?,12-/m0/s1. The first-order chi connectivity index (χ1) is 9.60. The third-order valence-corrected chi connectivity index (χ3v) is 3.29. The van der Waals surface area contributed by atoms with E-state index in [0.29, 0.717) is 18.7 Å². The monoisotopic (exact) mass is 279 g/mol. The normalized spacial score (nSPS) is 21.6. The third-order valence-electron chi connectivity index (χ3n) is 3.29. The number of nitro benzene ring substituents is 1. The number of ether oxygens (including phenoxy) is 1. The Labute approximate surface area is 116 Å². The maximum Gasteiger partial charge on any atom is 0.269 e. The zero-order chi connectivity index (χ0) is 14.5. The van der Waals surface area contributed by atoms with Crippen molar-refractivity contribution in [2.75, 3.05) is 20.2 Å². The highest BCUT2D eigenvalue weighted by Gasteiger charge is 2.28. The summed E-state index contributed by atoms with van der Waals surface area (Å²) in [6, 6.07) is 6.04. The average molecular weight is 279 g/mol. The number of nitro groups is 1. The highest BCUT2D eigenvalue weighted by Crippen LogP contribution is 2.13. The van der Waals surface area contributed by atoms with Crippen LogP contribution in [0.4, 0.5) is 5.69 Å². The summed E-state index contributed by atoms with van der Waals surface area (Å²) in [4.78, 5) is 22.2. The number of hydrogen-bond donors (Lipinski definition) is 2. The van der Waals surface area contributed by atoms with Crippen molar-refractivity contribution in [1.29, 1.82) is 0 Å². The van der Waals surface area contributed by atoms with E-state index in [4.69, 9.17) is 4.74 Å². The number of carbonyl (C=O) groups is 1. The number of hydrogen-bond acceptors (Lipinski definition) is 5. The summed E-state index contributed by atoms with van der Waals surface area (Å²) in [6.07, 6.45) is 0.0817. The summed E-state index contributed by atoms with van der Waals surface area (Å²) in [5.41, 5.74) is 0.615.